The summed E-state index contributed by atoms with van der Waals surface area (Å²) in [6.45, 7) is 0.826. The van der Waals surface area contributed by atoms with Crippen molar-refractivity contribution in [1.82, 2.24) is 5.32 Å². The van der Waals surface area contributed by atoms with Crippen LogP contribution in [0.25, 0.3) is 0 Å². The standard InChI is InChI=1S/C16H22N2O2S/c19-15(17-9-10-5-6-10)14-12-3-1-2-4-13(12)21-16(14)18-20-11-7-8-11/h10-11,18H,1-9H2,(H,17,19). The van der Waals surface area contributed by atoms with Crippen molar-refractivity contribution in [2.75, 3.05) is 12.0 Å². The first kappa shape index (κ1) is 13.6. The molecule has 114 valence electrons. The molecule has 2 saturated carbocycles. The molecule has 2 fully saturated rings. The zero-order valence-corrected chi connectivity index (χ0v) is 13.1. The second-order valence-electron chi connectivity index (χ2n) is 6.49. The molecule has 0 aliphatic heterocycles. The number of fused-ring (bicyclic) bond motifs is 1. The Morgan fingerprint density at radius 2 is 2.00 bits per heavy atom. The molecule has 1 amide bonds. The fourth-order valence-corrected chi connectivity index (χ4v) is 4.08. The van der Waals surface area contributed by atoms with Gasteiger partial charge in [0, 0.05) is 11.4 Å². The van der Waals surface area contributed by atoms with Gasteiger partial charge in [-0.2, -0.15) is 0 Å². The highest BCUT2D eigenvalue weighted by Crippen LogP contribution is 2.39. The minimum absolute atomic E-state index is 0.0863. The van der Waals surface area contributed by atoms with E-state index in [2.05, 4.69) is 10.8 Å². The zero-order chi connectivity index (χ0) is 14.2. The van der Waals surface area contributed by atoms with Crippen LogP contribution in [0.5, 0.6) is 0 Å². The van der Waals surface area contributed by atoms with Gasteiger partial charge in [0.1, 0.15) is 5.00 Å². The Hall–Kier alpha value is -1.07. The summed E-state index contributed by atoms with van der Waals surface area (Å²) in [7, 11) is 0. The van der Waals surface area contributed by atoms with E-state index in [0.29, 0.717) is 12.0 Å². The van der Waals surface area contributed by atoms with Gasteiger partial charge in [-0.3, -0.25) is 15.1 Å². The smallest absolute Gasteiger partial charge is 0.254 e. The van der Waals surface area contributed by atoms with Gasteiger partial charge in [-0.05, 0) is 62.8 Å². The molecule has 0 bridgehead atoms. The molecule has 4 rings (SSSR count). The van der Waals surface area contributed by atoms with E-state index in [1.165, 1.54) is 36.1 Å². The molecule has 0 aromatic carbocycles. The van der Waals surface area contributed by atoms with Gasteiger partial charge >= 0.3 is 0 Å². The predicted molar refractivity (Wildman–Crippen MR) is 83.7 cm³/mol. The van der Waals surface area contributed by atoms with E-state index in [9.17, 15) is 4.79 Å². The summed E-state index contributed by atoms with van der Waals surface area (Å²) in [6, 6.07) is 0. The number of anilines is 1. The molecule has 0 atom stereocenters. The average Bonchev–Trinajstić information content (AvgIpc) is 3.40. The van der Waals surface area contributed by atoms with Crippen LogP contribution in [0.15, 0.2) is 0 Å². The van der Waals surface area contributed by atoms with Crippen LogP contribution in [0.4, 0.5) is 5.00 Å². The van der Waals surface area contributed by atoms with Crippen LogP contribution in [0.3, 0.4) is 0 Å². The summed E-state index contributed by atoms with van der Waals surface area (Å²) in [5, 5.41) is 4.03. The second-order valence-corrected chi connectivity index (χ2v) is 7.59. The zero-order valence-electron chi connectivity index (χ0n) is 12.2. The van der Waals surface area contributed by atoms with Crippen LogP contribution < -0.4 is 10.8 Å². The fourth-order valence-electron chi connectivity index (χ4n) is 2.85. The average molecular weight is 306 g/mol. The first-order valence-corrected chi connectivity index (χ1v) is 8.97. The van der Waals surface area contributed by atoms with Crippen molar-refractivity contribution in [2.45, 2.75) is 57.5 Å². The van der Waals surface area contributed by atoms with Crippen molar-refractivity contribution in [3.63, 3.8) is 0 Å². The molecule has 1 heterocycles. The number of amides is 1. The third kappa shape index (κ3) is 3.09. The van der Waals surface area contributed by atoms with Gasteiger partial charge in [0.2, 0.25) is 0 Å². The van der Waals surface area contributed by atoms with Crippen molar-refractivity contribution in [1.29, 1.82) is 0 Å². The van der Waals surface area contributed by atoms with E-state index >= 15 is 0 Å². The molecule has 3 aliphatic rings. The van der Waals surface area contributed by atoms with Gasteiger partial charge in [0.15, 0.2) is 0 Å². The number of nitrogens with one attached hydrogen (secondary N) is 2. The van der Waals surface area contributed by atoms with Crippen molar-refractivity contribution in [3.8, 4) is 0 Å². The van der Waals surface area contributed by atoms with Gasteiger partial charge in [-0.1, -0.05) is 0 Å². The lowest BCUT2D eigenvalue weighted by molar-refractivity contribution is 0.0950. The molecule has 0 saturated heterocycles. The molecular weight excluding hydrogens is 284 g/mol. The Labute approximate surface area is 129 Å². The molecule has 3 aliphatic carbocycles. The number of hydrogen-bond donors (Lipinski definition) is 2. The lowest BCUT2D eigenvalue weighted by Gasteiger charge is -2.13. The summed E-state index contributed by atoms with van der Waals surface area (Å²) in [6.07, 6.45) is 9.68. The van der Waals surface area contributed by atoms with Gasteiger partial charge in [0.05, 0.1) is 11.7 Å². The number of carbonyl (C=O) groups excluding carboxylic acids is 1. The van der Waals surface area contributed by atoms with Crippen LogP contribution in [-0.4, -0.2) is 18.6 Å². The summed E-state index contributed by atoms with van der Waals surface area (Å²) < 4.78 is 0. The van der Waals surface area contributed by atoms with Crippen LogP contribution in [0.2, 0.25) is 0 Å². The molecule has 1 aromatic rings. The first-order valence-electron chi connectivity index (χ1n) is 8.15. The number of rotatable bonds is 6. The largest absolute Gasteiger partial charge is 0.352 e. The lowest BCUT2D eigenvalue weighted by Crippen LogP contribution is -2.27. The number of hydrogen-bond acceptors (Lipinski definition) is 4. The maximum atomic E-state index is 12.6. The van der Waals surface area contributed by atoms with Gasteiger partial charge < -0.3 is 5.32 Å². The van der Waals surface area contributed by atoms with E-state index in [0.717, 1.165) is 42.8 Å². The van der Waals surface area contributed by atoms with Crippen molar-refractivity contribution >= 4 is 22.2 Å². The molecule has 2 N–H and O–H groups in total. The van der Waals surface area contributed by atoms with E-state index in [-0.39, 0.29) is 5.91 Å². The topological polar surface area (TPSA) is 50.4 Å². The summed E-state index contributed by atoms with van der Waals surface area (Å²) in [4.78, 5) is 19.6. The molecular formula is C16H22N2O2S. The Balaban J connectivity index is 1.54. The first-order chi connectivity index (χ1) is 10.3. The Bertz CT molecular complexity index is 547. The predicted octanol–water partition coefficient (Wildman–Crippen LogP) is 3.27. The number of aryl methyl sites for hydroxylation is 1. The lowest BCUT2D eigenvalue weighted by atomic mass is 9.95. The molecule has 4 nitrogen and oxygen atoms in total. The fraction of sp³-hybridized carbons (Fsp3) is 0.688. The molecule has 5 heteroatoms. The van der Waals surface area contributed by atoms with Crippen LogP contribution in [-0.2, 0) is 17.7 Å². The Kier molecular flexibility index (Phi) is 3.63. The highest BCUT2D eigenvalue weighted by molar-refractivity contribution is 7.16. The van der Waals surface area contributed by atoms with E-state index < -0.39 is 0 Å². The SMILES string of the molecule is O=C(NCC1CC1)c1c(NOC2CC2)sc2c1CCCC2. The summed E-state index contributed by atoms with van der Waals surface area (Å²) >= 11 is 1.71. The maximum absolute atomic E-state index is 12.6. The maximum Gasteiger partial charge on any atom is 0.254 e. The van der Waals surface area contributed by atoms with Crippen molar-refractivity contribution in [3.05, 3.63) is 16.0 Å². The van der Waals surface area contributed by atoms with E-state index in [4.69, 9.17) is 4.84 Å². The van der Waals surface area contributed by atoms with Crippen LogP contribution in [0.1, 0.15) is 59.3 Å². The van der Waals surface area contributed by atoms with Gasteiger partial charge in [0.25, 0.3) is 5.91 Å². The Morgan fingerprint density at radius 3 is 2.76 bits per heavy atom. The highest BCUT2D eigenvalue weighted by Gasteiger charge is 2.29. The highest BCUT2D eigenvalue weighted by atomic mass is 32.1. The number of carbonyl (C=O) groups is 1. The normalized spacial score (nSPS) is 21.0. The van der Waals surface area contributed by atoms with E-state index in [1.54, 1.807) is 11.3 Å². The third-order valence-corrected chi connectivity index (χ3v) is 5.68. The third-order valence-electron chi connectivity index (χ3n) is 4.49. The molecule has 21 heavy (non-hydrogen) atoms. The van der Waals surface area contributed by atoms with Gasteiger partial charge in [-0.25, -0.2) is 0 Å². The van der Waals surface area contributed by atoms with Crippen molar-refractivity contribution < 1.29 is 9.63 Å². The minimum atomic E-state index is 0.0863. The molecule has 1 aromatic heterocycles. The van der Waals surface area contributed by atoms with Crippen molar-refractivity contribution in [2.24, 2.45) is 5.92 Å². The monoisotopic (exact) mass is 306 g/mol. The van der Waals surface area contributed by atoms with Crippen LogP contribution >= 0.6 is 11.3 Å². The van der Waals surface area contributed by atoms with Gasteiger partial charge in [-0.15, -0.1) is 11.3 Å². The second kappa shape index (κ2) is 5.61. The summed E-state index contributed by atoms with van der Waals surface area (Å²) in [5.74, 6) is 0.797. The Morgan fingerprint density at radius 1 is 1.19 bits per heavy atom. The molecule has 0 radical (unpaired) electrons. The molecule has 0 spiro atoms. The van der Waals surface area contributed by atoms with E-state index in [1.807, 2.05) is 0 Å². The summed E-state index contributed by atoms with van der Waals surface area (Å²) in [5.41, 5.74) is 5.20. The quantitative estimate of drug-likeness (QED) is 0.793. The molecule has 0 unspecified atom stereocenters. The number of thiophene rings is 1. The minimum Gasteiger partial charge on any atom is -0.352 e. The van der Waals surface area contributed by atoms with Crippen LogP contribution in [0, 0.1) is 5.92 Å².